The van der Waals surface area contributed by atoms with E-state index in [2.05, 4.69) is 5.32 Å². The third-order valence-electron chi connectivity index (χ3n) is 2.51. The van der Waals surface area contributed by atoms with Gasteiger partial charge in [0.25, 0.3) is 0 Å². The Morgan fingerprint density at radius 3 is 2.80 bits per heavy atom. The largest absolute Gasteiger partial charge is 0.478 e. The van der Waals surface area contributed by atoms with Gasteiger partial charge in [0.05, 0.1) is 10.5 Å². The highest BCUT2D eigenvalue weighted by Gasteiger charge is 2.12. The highest BCUT2D eigenvalue weighted by atomic mass is 32.1. The van der Waals surface area contributed by atoms with Crippen molar-refractivity contribution < 1.29 is 19.2 Å². The monoisotopic (exact) mass is 296 g/mol. The lowest BCUT2D eigenvalue weighted by molar-refractivity contribution is -0.380. The Hall–Kier alpha value is -2.48. The maximum absolute atomic E-state index is 13.2. The highest BCUT2D eigenvalue weighted by Crippen LogP contribution is 2.23. The van der Waals surface area contributed by atoms with Crippen LogP contribution in [-0.2, 0) is 6.54 Å². The number of hydrogen-bond acceptors (Lipinski definition) is 5. The van der Waals surface area contributed by atoms with E-state index in [1.807, 2.05) is 0 Å². The van der Waals surface area contributed by atoms with Crippen molar-refractivity contribution in [3.63, 3.8) is 0 Å². The van der Waals surface area contributed by atoms with Gasteiger partial charge in [-0.2, -0.15) is 0 Å². The van der Waals surface area contributed by atoms with E-state index in [9.17, 15) is 19.3 Å². The van der Waals surface area contributed by atoms with Gasteiger partial charge in [-0.3, -0.25) is 10.1 Å². The summed E-state index contributed by atoms with van der Waals surface area (Å²) in [5, 5.41) is 23.9. The smallest absolute Gasteiger partial charge is 0.338 e. The molecule has 0 aliphatic heterocycles. The minimum absolute atomic E-state index is 0.0344. The molecular formula is C12H9FN2O4S. The summed E-state index contributed by atoms with van der Waals surface area (Å²) in [6.45, 7) is 0.287. The Balaban J connectivity index is 2.08. The molecule has 20 heavy (non-hydrogen) atoms. The number of hydrogen-bond donors (Lipinski definition) is 2. The van der Waals surface area contributed by atoms with Crippen LogP contribution in [-0.4, -0.2) is 16.0 Å². The second-order valence-electron chi connectivity index (χ2n) is 3.90. The molecule has 0 spiro atoms. The van der Waals surface area contributed by atoms with Crippen molar-refractivity contribution in [2.24, 2.45) is 0 Å². The number of aromatic carboxylic acids is 1. The third kappa shape index (κ3) is 3.09. The molecule has 0 saturated carbocycles. The van der Waals surface area contributed by atoms with Gasteiger partial charge >= 0.3 is 11.0 Å². The van der Waals surface area contributed by atoms with E-state index in [1.54, 1.807) is 5.38 Å². The highest BCUT2D eigenvalue weighted by molar-refractivity contribution is 7.13. The summed E-state index contributed by atoms with van der Waals surface area (Å²) in [4.78, 5) is 20.8. The molecule has 2 N–H and O–H groups in total. The van der Waals surface area contributed by atoms with Crippen LogP contribution in [0.25, 0.3) is 0 Å². The van der Waals surface area contributed by atoms with Crippen LogP contribution in [0.2, 0.25) is 0 Å². The van der Waals surface area contributed by atoms with Gasteiger partial charge in [0.1, 0.15) is 5.82 Å². The fourth-order valence-electron chi connectivity index (χ4n) is 1.55. The van der Waals surface area contributed by atoms with E-state index in [1.165, 1.54) is 18.2 Å². The fourth-order valence-corrected chi connectivity index (χ4v) is 2.28. The summed E-state index contributed by atoms with van der Waals surface area (Å²) >= 11 is 1.01. The van der Waals surface area contributed by atoms with Crippen molar-refractivity contribution in [3.8, 4) is 0 Å². The van der Waals surface area contributed by atoms with Crippen LogP contribution >= 0.6 is 11.3 Å². The van der Waals surface area contributed by atoms with E-state index in [4.69, 9.17) is 5.11 Å². The van der Waals surface area contributed by atoms with E-state index >= 15 is 0 Å². The summed E-state index contributed by atoms with van der Waals surface area (Å²) < 4.78 is 13.2. The van der Waals surface area contributed by atoms with Gasteiger partial charge in [-0.1, -0.05) is 11.3 Å². The number of halogens is 1. The topological polar surface area (TPSA) is 92.5 Å². The molecule has 0 radical (unpaired) electrons. The summed E-state index contributed by atoms with van der Waals surface area (Å²) in [5.41, 5.74) is 0.701. The van der Waals surface area contributed by atoms with Gasteiger partial charge in [-0.05, 0) is 23.8 Å². The predicted molar refractivity (Wildman–Crippen MR) is 71.7 cm³/mol. The van der Waals surface area contributed by atoms with Crippen molar-refractivity contribution in [3.05, 3.63) is 56.7 Å². The zero-order chi connectivity index (χ0) is 14.7. The minimum atomic E-state index is -1.35. The molecule has 0 aliphatic rings. The maximum Gasteiger partial charge on any atom is 0.338 e. The van der Waals surface area contributed by atoms with Gasteiger partial charge < -0.3 is 10.4 Å². The van der Waals surface area contributed by atoms with Crippen LogP contribution in [0, 0.1) is 15.9 Å². The molecule has 1 heterocycles. The molecule has 0 atom stereocenters. The van der Waals surface area contributed by atoms with Crippen molar-refractivity contribution in [2.75, 3.05) is 5.32 Å². The van der Waals surface area contributed by atoms with Crippen LogP contribution in [0.5, 0.6) is 0 Å². The van der Waals surface area contributed by atoms with Crippen molar-refractivity contribution in [1.82, 2.24) is 0 Å². The molecule has 2 rings (SSSR count). The second kappa shape index (κ2) is 5.66. The number of carbonyl (C=O) groups is 1. The van der Waals surface area contributed by atoms with Gasteiger partial charge in [0.2, 0.25) is 0 Å². The molecule has 0 bridgehead atoms. The van der Waals surface area contributed by atoms with Gasteiger partial charge in [0.15, 0.2) is 0 Å². The predicted octanol–water partition coefficient (Wildman–Crippen LogP) is 3.11. The summed E-state index contributed by atoms with van der Waals surface area (Å²) in [5.74, 6) is -2.16. The Kier molecular flexibility index (Phi) is 3.94. The average Bonchev–Trinajstić information content (AvgIpc) is 2.86. The van der Waals surface area contributed by atoms with E-state index in [0.29, 0.717) is 11.3 Å². The van der Waals surface area contributed by atoms with Crippen LogP contribution in [0.1, 0.15) is 15.9 Å². The lowest BCUT2D eigenvalue weighted by Gasteiger charge is -2.06. The van der Waals surface area contributed by atoms with Gasteiger partial charge in [0, 0.05) is 23.7 Å². The molecule has 0 amide bonds. The van der Waals surface area contributed by atoms with Crippen LogP contribution in [0.4, 0.5) is 15.1 Å². The first-order chi connectivity index (χ1) is 9.47. The molecule has 0 aliphatic carbocycles. The van der Waals surface area contributed by atoms with Gasteiger partial charge in [-0.25, -0.2) is 9.18 Å². The number of carboxylic acids is 1. The van der Waals surface area contributed by atoms with Crippen molar-refractivity contribution in [2.45, 2.75) is 6.54 Å². The summed E-state index contributed by atoms with van der Waals surface area (Å²) in [6, 6.07) is 5.07. The maximum atomic E-state index is 13.2. The van der Waals surface area contributed by atoms with E-state index in [0.717, 1.165) is 17.4 Å². The first-order valence-electron chi connectivity index (χ1n) is 5.46. The molecule has 0 saturated heterocycles. The molecular weight excluding hydrogens is 287 g/mol. The lowest BCUT2D eigenvalue weighted by Crippen LogP contribution is -2.04. The molecule has 2 aromatic rings. The van der Waals surface area contributed by atoms with Gasteiger partial charge in [-0.15, -0.1) is 0 Å². The molecule has 1 aromatic carbocycles. The first-order valence-corrected chi connectivity index (χ1v) is 6.34. The zero-order valence-corrected chi connectivity index (χ0v) is 10.8. The normalized spacial score (nSPS) is 10.2. The molecule has 1 aromatic heterocycles. The number of nitrogens with zero attached hydrogens (tertiary/aromatic N) is 1. The second-order valence-corrected chi connectivity index (χ2v) is 4.79. The lowest BCUT2D eigenvalue weighted by atomic mass is 10.2. The number of benzene rings is 1. The quantitative estimate of drug-likeness (QED) is 0.653. The number of nitro groups is 1. The van der Waals surface area contributed by atoms with Crippen molar-refractivity contribution in [1.29, 1.82) is 0 Å². The molecule has 6 nitrogen and oxygen atoms in total. The number of anilines is 1. The molecule has 0 unspecified atom stereocenters. The fraction of sp³-hybridized carbons (Fsp3) is 0.0833. The van der Waals surface area contributed by atoms with Crippen molar-refractivity contribution >= 4 is 28.0 Å². The standard InChI is InChI=1S/C12H9FN2O4S/c13-10-2-1-8(4-9(10)12(16)17)14-5-7-3-11(15(18)19)20-6-7/h1-4,6,14H,5H2,(H,16,17). The number of nitrogens with one attached hydrogen (secondary N) is 1. The number of carboxylic acid groups (broad SMARTS) is 1. The van der Waals surface area contributed by atoms with Crippen LogP contribution in [0.3, 0.4) is 0 Å². The van der Waals surface area contributed by atoms with Crippen LogP contribution in [0.15, 0.2) is 29.6 Å². The first kappa shape index (κ1) is 13.9. The Morgan fingerprint density at radius 1 is 1.45 bits per heavy atom. The third-order valence-corrected chi connectivity index (χ3v) is 3.44. The van der Waals surface area contributed by atoms with E-state index in [-0.39, 0.29) is 11.5 Å². The minimum Gasteiger partial charge on any atom is -0.478 e. The Labute approximate surface area is 116 Å². The number of rotatable bonds is 5. The zero-order valence-electron chi connectivity index (χ0n) is 10.00. The molecule has 104 valence electrons. The Morgan fingerprint density at radius 2 is 2.20 bits per heavy atom. The SMILES string of the molecule is O=C(O)c1cc(NCc2csc([N+](=O)[O-])c2)ccc1F. The number of thiophene rings is 1. The average molecular weight is 296 g/mol. The summed E-state index contributed by atoms with van der Waals surface area (Å²) in [7, 11) is 0. The van der Waals surface area contributed by atoms with E-state index < -0.39 is 22.3 Å². The summed E-state index contributed by atoms with van der Waals surface area (Å²) in [6.07, 6.45) is 0. The molecule has 8 heteroatoms. The van der Waals surface area contributed by atoms with Crippen LogP contribution < -0.4 is 5.32 Å². The Bertz CT molecular complexity index is 671. The molecule has 0 fully saturated rings.